The number of hydrogen-bond donors (Lipinski definition) is 2. The lowest BCUT2D eigenvalue weighted by molar-refractivity contribution is -0.122. The number of amides is 2. The maximum atomic E-state index is 12.8. The molecular formula is C17H23N3O4S2. The van der Waals surface area contributed by atoms with Crippen molar-refractivity contribution in [3.63, 3.8) is 0 Å². The van der Waals surface area contributed by atoms with Gasteiger partial charge in [0.05, 0.1) is 22.9 Å². The molecule has 0 atom stereocenters. The average Bonchev–Trinajstić information content (AvgIpc) is 2.61. The molecule has 7 nitrogen and oxygen atoms in total. The number of hydrogen-bond acceptors (Lipinski definition) is 5. The summed E-state index contributed by atoms with van der Waals surface area (Å²) in [7, 11) is -2.42. The van der Waals surface area contributed by atoms with Crippen LogP contribution in [0, 0.1) is 0 Å². The summed E-state index contributed by atoms with van der Waals surface area (Å²) in [5.74, 6) is -0.123. The highest BCUT2D eigenvalue weighted by molar-refractivity contribution is 8.00. The van der Waals surface area contributed by atoms with E-state index in [0.29, 0.717) is 11.4 Å². The first-order valence-electron chi connectivity index (χ1n) is 8.68. The van der Waals surface area contributed by atoms with Crippen molar-refractivity contribution in [3.05, 3.63) is 18.2 Å². The topological polar surface area (TPSA) is 95.6 Å². The molecule has 2 N–H and O–H groups in total. The number of benzene rings is 1. The monoisotopic (exact) mass is 397 g/mol. The molecule has 3 rings (SSSR count). The van der Waals surface area contributed by atoms with E-state index in [1.165, 1.54) is 37.4 Å². The van der Waals surface area contributed by atoms with Crippen LogP contribution in [0.15, 0.2) is 28.0 Å². The van der Waals surface area contributed by atoms with E-state index in [2.05, 4.69) is 10.6 Å². The highest BCUT2D eigenvalue weighted by atomic mass is 32.2. The van der Waals surface area contributed by atoms with E-state index in [1.54, 1.807) is 6.07 Å². The van der Waals surface area contributed by atoms with E-state index in [4.69, 9.17) is 0 Å². The van der Waals surface area contributed by atoms with Gasteiger partial charge >= 0.3 is 0 Å². The summed E-state index contributed by atoms with van der Waals surface area (Å²) in [6.07, 6.45) is 5.28. The van der Waals surface area contributed by atoms with E-state index < -0.39 is 10.0 Å². The number of carbonyl (C=O) groups is 2. The number of anilines is 1. The molecule has 1 fully saturated rings. The Kier molecular flexibility index (Phi) is 5.89. The maximum absolute atomic E-state index is 12.8. The molecule has 1 aromatic rings. The van der Waals surface area contributed by atoms with Crippen molar-refractivity contribution in [1.82, 2.24) is 9.62 Å². The van der Waals surface area contributed by atoms with Crippen LogP contribution in [0.5, 0.6) is 0 Å². The van der Waals surface area contributed by atoms with Gasteiger partial charge in [0.1, 0.15) is 0 Å². The molecule has 1 heterocycles. The van der Waals surface area contributed by atoms with Crippen LogP contribution in [-0.4, -0.2) is 49.9 Å². The Bertz CT molecular complexity index is 804. The summed E-state index contributed by atoms with van der Waals surface area (Å²) in [6.45, 7) is -0.225. The Morgan fingerprint density at radius 3 is 2.77 bits per heavy atom. The van der Waals surface area contributed by atoms with Gasteiger partial charge in [0.2, 0.25) is 21.8 Å². The van der Waals surface area contributed by atoms with E-state index in [0.717, 1.165) is 34.9 Å². The number of carbonyl (C=O) groups excluding carboxylic acids is 2. The minimum atomic E-state index is -3.81. The van der Waals surface area contributed by atoms with Crippen LogP contribution in [0.2, 0.25) is 0 Å². The molecule has 0 bridgehead atoms. The summed E-state index contributed by atoms with van der Waals surface area (Å²) < 4.78 is 26.6. The Balaban J connectivity index is 1.67. The Morgan fingerprint density at radius 1 is 1.31 bits per heavy atom. The predicted octanol–water partition coefficient (Wildman–Crippen LogP) is 1.80. The fourth-order valence-corrected chi connectivity index (χ4v) is 5.15. The summed E-state index contributed by atoms with van der Waals surface area (Å²) >= 11 is 1.37. The zero-order chi connectivity index (χ0) is 18.7. The molecule has 2 amide bonds. The van der Waals surface area contributed by atoms with Crippen molar-refractivity contribution in [2.45, 2.75) is 47.9 Å². The smallest absolute Gasteiger partial charge is 0.243 e. The van der Waals surface area contributed by atoms with Gasteiger partial charge in [-0.25, -0.2) is 8.42 Å². The number of nitrogens with zero attached hydrogens (tertiary/aromatic N) is 1. The molecule has 9 heteroatoms. The summed E-state index contributed by atoms with van der Waals surface area (Å²) in [4.78, 5) is 24.6. The zero-order valence-electron chi connectivity index (χ0n) is 14.7. The number of rotatable bonds is 5. The highest BCUT2D eigenvalue weighted by Gasteiger charge is 2.26. The molecule has 1 aliphatic carbocycles. The SMILES string of the molecule is CN(CC(=O)NC1CCCCC1)S(=O)(=O)c1ccc2c(c1)NC(=O)CS2. The first-order valence-corrected chi connectivity index (χ1v) is 11.1. The molecule has 142 valence electrons. The third kappa shape index (κ3) is 4.39. The fraction of sp³-hybridized carbons (Fsp3) is 0.529. The van der Waals surface area contributed by atoms with Crippen LogP contribution < -0.4 is 10.6 Å². The molecule has 1 saturated carbocycles. The van der Waals surface area contributed by atoms with Gasteiger partial charge in [-0.05, 0) is 31.0 Å². The van der Waals surface area contributed by atoms with Crippen LogP contribution in [-0.2, 0) is 19.6 Å². The van der Waals surface area contributed by atoms with Gasteiger partial charge in [-0.2, -0.15) is 4.31 Å². The predicted molar refractivity (Wildman–Crippen MR) is 101 cm³/mol. The van der Waals surface area contributed by atoms with E-state index in [1.807, 2.05) is 0 Å². The quantitative estimate of drug-likeness (QED) is 0.790. The molecule has 0 radical (unpaired) electrons. The zero-order valence-corrected chi connectivity index (χ0v) is 16.3. The van der Waals surface area contributed by atoms with Gasteiger partial charge in [0.15, 0.2) is 0 Å². The van der Waals surface area contributed by atoms with Crippen LogP contribution >= 0.6 is 11.8 Å². The first-order chi connectivity index (χ1) is 12.4. The fourth-order valence-electron chi connectivity index (χ4n) is 3.21. The third-order valence-electron chi connectivity index (χ3n) is 4.63. The standard InChI is InChI=1S/C17H23N3O4S2/c1-20(10-16(21)18-12-5-3-2-4-6-12)26(23,24)13-7-8-15-14(9-13)19-17(22)11-25-15/h7-9,12H,2-6,10-11H2,1H3,(H,18,21)(H,19,22). The molecule has 0 spiro atoms. The molecule has 1 aromatic carbocycles. The van der Waals surface area contributed by atoms with Gasteiger partial charge in [-0.3, -0.25) is 9.59 Å². The molecule has 0 unspecified atom stereocenters. The number of sulfonamides is 1. The van der Waals surface area contributed by atoms with Crippen molar-refractivity contribution >= 4 is 39.3 Å². The van der Waals surface area contributed by atoms with Crippen LogP contribution in [0.25, 0.3) is 0 Å². The molecular weight excluding hydrogens is 374 g/mol. The second-order valence-electron chi connectivity index (χ2n) is 6.66. The van der Waals surface area contributed by atoms with E-state index >= 15 is 0 Å². The maximum Gasteiger partial charge on any atom is 0.243 e. The number of thioether (sulfide) groups is 1. The van der Waals surface area contributed by atoms with Crippen LogP contribution in [0.4, 0.5) is 5.69 Å². The van der Waals surface area contributed by atoms with Gasteiger partial charge < -0.3 is 10.6 Å². The van der Waals surface area contributed by atoms with Crippen molar-refractivity contribution in [3.8, 4) is 0 Å². The second-order valence-corrected chi connectivity index (χ2v) is 9.72. The highest BCUT2D eigenvalue weighted by Crippen LogP contribution is 2.33. The molecule has 2 aliphatic rings. The van der Waals surface area contributed by atoms with Crippen molar-refractivity contribution in [2.24, 2.45) is 0 Å². The normalized spacial score (nSPS) is 18.3. The lowest BCUT2D eigenvalue weighted by atomic mass is 9.95. The van der Waals surface area contributed by atoms with E-state index in [9.17, 15) is 18.0 Å². The lowest BCUT2D eigenvalue weighted by Gasteiger charge is -2.24. The van der Waals surface area contributed by atoms with Crippen LogP contribution in [0.1, 0.15) is 32.1 Å². The van der Waals surface area contributed by atoms with Gasteiger partial charge in [-0.15, -0.1) is 11.8 Å². The molecule has 0 saturated heterocycles. The number of likely N-dealkylation sites (N-methyl/N-ethyl adjacent to an activating group) is 1. The molecule has 0 aromatic heterocycles. The summed E-state index contributed by atoms with van der Waals surface area (Å²) in [6, 6.07) is 4.78. The number of fused-ring (bicyclic) bond motifs is 1. The largest absolute Gasteiger partial charge is 0.352 e. The third-order valence-corrected chi connectivity index (χ3v) is 7.50. The Hall–Kier alpha value is -1.58. The van der Waals surface area contributed by atoms with Gasteiger partial charge in [-0.1, -0.05) is 19.3 Å². The first kappa shape index (κ1) is 19.2. The Labute approximate surface area is 158 Å². The minimum Gasteiger partial charge on any atom is -0.352 e. The van der Waals surface area contributed by atoms with Gasteiger partial charge in [0, 0.05) is 18.0 Å². The second kappa shape index (κ2) is 7.98. The molecule has 1 aliphatic heterocycles. The van der Waals surface area contributed by atoms with Crippen LogP contribution in [0.3, 0.4) is 0 Å². The van der Waals surface area contributed by atoms with E-state index in [-0.39, 0.29) is 29.3 Å². The molecule has 26 heavy (non-hydrogen) atoms. The summed E-state index contributed by atoms with van der Waals surface area (Å²) in [5, 5.41) is 5.61. The van der Waals surface area contributed by atoms with Gasteiger partial charge in [0.25, 0.3) is 0 Å². The van der Waals surface area contributed by atoms with Crippen molar-refractivity contribution < 1.29 is 18.0 Å². The average molecular weight is 398 g/mol. The number of nitrogens with one attached hydrogen (secondary N) is 2. The minimum absolute atomic E-state index is 0.0621. The lowest BCUT2D eigenvalue weighted by Crippen LogP contribution is -2.43. The van der Waals surface area contributed by atoms with Crippen molar-refractivity contribution in [2.75, 3.05) is 24.7 Å². The Morgan fingerprint density at radius 2 is 2.04 bits per heavy atom. The van der Waals surface area contributed by atoms with Crippen molar-refractivity contribution in [1.29, 1.82) is 0 Å². The summed E-state index contributed by atoms with van der Waals surface area (Å²) in [5.41, 5.74) is 0.493.